The molecule has 28 heavy (non-hydrogen) atoms. The molecule has 2 aromatic rings. The first-order valence-electron chi connectivity index (χ1n) is 8.58. The summed E-state index contributed by atoms with van der Waals surface area (Å²) in [5.74, 6) is 0.722. The second-order valence-electron chi connectivity index (χ2n) is 5.71. The van der Waals surface area contributed by atoms with Crippen molar-refractivity contribution in [3.05, 3.63) is 48.0 Å². The van der Waals surface area contributed by atoms with Crippen LogP contribution in [0.15, 0.2) is 47.4 Å². The topological polar surface area (TPSA) is 114 Å². The van der Waals surface area contributed by atoms with Crippen LogP contribution in [-0.2, 0) is 14.8 Å². The number of carbonyl (C=O) groups is 1. The van der Waals surface area contributed by atoms with Gasteiger partial charge in [0, 0.05) is 0 Å². The largest absolute Gasteiger partial charge is 0.495 e. The number of rotatable bonds is 10. The minimum atomic E-state index is -4.04. The molecule has 0 aliphatic carbocycles. The molecule has 2 aromatic carbocycles. The molecule has 0 aliphatic heterocycles. The van der Waals surface area contributed by atoms with Crippen LogP contribution < -0.4 is 19.3 Å². The van der Waals surface area contributed by atoms with Gasteiger partial charge in [0.2, 0.25) is 10.0 Å². The monoisotopic (exact) mass is 409 g/mol. The Morgan fingerprint density at radius 1 is 0.964 bits per heavy atom. The second-order valence-corrected chi connectivity index (χ2v) is 7.24. The molecule has 0 radical (unpaired) electrons. The van der Waals surface area contributed by atoms with Gasteiger partial charge in [0.15, 0.2) is 0 Å². The Bertz CT molecular complexity index is 895. The molecule has 0 atom stereocenters. The van der Waals surface area contributed by atoms with Gasteiger partial charge in [0.05, 0.1) is 19.3 Å². The molecule has 0 bridgehead atoms. The fourth-order valence-electron chi connectivity index (χ4n) is 2.26. The highest BCUT2D eigenvalue weighted by Crippen LogP contribution is 2.24. The van der Waals surface area contributed by atoms with Crippen LogP contribution >= 0.6 is 0 Å². The third kappa shape index (κ3) is 6.14. The maximum Gasteiger partial charge on any atom is 0.338 e. The molecular formula is C19H23NO7S. The van der Waals surface area contributed by atoms with Crippen LogP contribution in [0, 0.1) is 0 Å². The Morgan fingerprint density at radius 3 is 2.11 bits per heavy atom. The van der Waals surface area contributed by atoms with Crippen LogP contribution in [0.1, 0.15) is 23.7 Å². The summed E-state index contributed by atoms with van der Waals surface area (Å²) in [6.45, 7) is 2.80. The third-order valence-corrected chi connectivity index (χ3v) is 4.52. The van der Waals surface area contributed by atoms with Crippen LogP contribution in [-0.4, -0.2) is 41.3 Å². The van der Waals surface area contributed by atoms with Gasteiger partial charge in [-0.15, -0.1) is 0 Å². The molecule has 0 saturated carbocycles. The first kappa shape index (κ1) is 21.5. The molecule has 0 aliphatic rings. The van der Waals surface area contributed by atoms with Gasteiger partial charge in [-0.1, -0.05) is 6.92 Å². The normalized spacial score (nSPS) is 11.0. The van der Waals surface area contributed by atoms with Gasteiger partial charge in [-0.25, -0.2) is 18.4 Å². The lowest BCUT2D eigenvalue weighted by molar-refractivity contribution is 0.0450. The van der Waals surface area contributed by atoms with E-state index in [0.717, 1.165) is 18.2 Å². The van der Waals surface area contributed by atoms with Crippen molar-refractivity contribution in [1.29, 1.82) is 0 Å². The first-order valence-corrected chi connectivity index (χ1v) is 10.1. The number of ether oxygens (including phenoxy) is 4. The minimum absolute atomic E-state index is 0.0103. The van der Waals surface area contributed by atoms with Crippen molar-refractivity contribution < 1.29 is 32.2 Å². The Balaban J connectivity index is 1.87. The van der Waals surface area contributed by atoms with Gasteiger partial charge < -0.3 is 18.9 Å². The maximum atomic E-state index is 12.1. The molecule has 0 spiro atoms. The second kappa shape index (κ2) is 9.95. The van der Waals surface area contributed by atoms with E-state index >= 15 is 0 Å². The summed E-state index contributed by atoms with van der Waals surface area (Å²) in [5.41, 5.74) is 0.0438. The van der Waals surface area contributed by atoms with Crippen molar-refractivity contribution in [2.24, 2.45) is 5.14 Å². The van der Waals surface area contributed by atoms with Gasteiger partial charge >= 0.3 is 5.97 Å². The van der Waals surface area contributed by atoms with Gasteiger partial charge in [0.25, 0.3) is 0 Å². The van der Waals surface area contributed by atoms with Crippen LogP contribution in [0.4, 0.5) is 0 Å². The third-order valence-electron chi connectivity index (χ3n) is 3.59. The van der Waals surface area contributed by atoms with Crippen molar-refractivity contribution in [2.45, 2.75) is 18.2 Å². The predicted molar refractivity (Wildman–Crippen MR) is 102 cm³/mol. The Hall–Kier alpha value is -2.78. The van der Waals surface area contributed by atoms with Crippen LogP contribution in [0.2, 0.25) is 0 Å². The van der Waals surface area contributed by atoms with Crippen molar-refractivity contribution in [2.75, 3.05) is 26.9 Å². The zero-order chi connectivity index (χ0) is 20.6. The fraction of sp³-hybridized carbons (Fsp3) is 0.316. The minimum Gasteiger partial charge on any atom is -0.495 e. The highest BCUT2D eigenvalue weighted by Gasteiger charge is 2.18. The molecule has 0 unspecified atom stereocenters. The first-order chi connectivity index (χ1) is 13.3. The summed E-state index contributed by atoms with van der Waals surface area (Å²) in [6.07, 6.45) is 0.927. The summed E-state index contributed by atoms with van der Waals surface area (Å²) in [4.78, 5) is 11.8. The number of carbonyl (C=O) groups excluding carboxylic acids is 1. The standard InChI is InChI=1S/C19H23NO7S/c1-3-10-25-15-5-7-16(8-6-15)26-11-12-27-19(21)14-4-9-17(24-2)18(13-14)28(20,22)23/h4-9,13H,3,10-12H2,1-2H3,(H2,20,22,23). The molecule has 0 aromatic heterocycles. The molecule has 8 nitrogen and oxygen atoms in total. The summed E-state index contributed by atoms with van der Waals surface area (Å²) in [6, 6.07) is 11.0. The number of nitrogens with two attached hydrogens (primary N) is 1. The Kier molecular flexibility index (Phi) is 7.65. The van der Waals surface area contributed by atoms with Crippen molar-refractivity contribution in [3.63, 3.8) is 0 Å². The molecule has 152 valence electrons. The highest BCUT2D eigenvalue weighted by atomic mass is 32.2. The average Bonchev–Trinajstić information content (AvgIpc) is 2.69. The molecule has 2 rings (SSSR count). The van der Waals surface area contributed by atoms with E-state index in [1.54, 1.807) is 24.3 Å². The Morgan fingerprint density at radius 2 is 1.57 bits per heavy atom. The fourth-order valence-corrected chi connectivity index (χ4v) is 2.98. The van der Waals surface area contributed by atoms with Crippen molar-refractivity contribution >= 4 is 16.0 Å². The van der Waals surface area contributed by atoms with Crippen molar-refractivity contribution in [1.82, 2.24) is 0 Å². The quantitative estimate of drug-likeness (QED) is 0.473. The van der Waals surface area contributed by atoms with E-state index in [1.165, 1.54) is 19.2 Å². The van der Waals surface area contributed by atoms with Gasteiger partial charge in [0.1, 0.15) is 35.4 Å². The van der Waals surface area contributed by atoms with E-state index in [1.807, 2.05) is 6.92 Å². The van der Waals surface area contributed by atoms with E-state index in [2.05, 4.69) is 0 Å². The number of esters is 1. The van der Waals surface area contributed by atoms with E-state index in [9.17, 15) is 13.2 Å². The number of sulfonamides is 1. The van der Waals surface area contributed by atoms with Gasteiger partial charge in [-0.05, 0) is 48.9 Å². The molecule has 0 fully saturated rings. The number of benzene rings is 2. The van der Waals surface area contributed by atoms with E-state index in [0.29, 0.717) is 12.4 Å². The summed E-state index contributed by atoms with van der Waals surface area (Å²) >= 11 is 0. The smallest absolute Gasteiger partial charge is 0.338 e. The number of methoxy groups -OCH3 is 1. The summed E-state index contributed by atoms with van der Waals surface area (Å²) < 4.78 is 44.2. The predicted octanol–water partition coefficient (Wildman–Crippen LogP) is 2.37. The highest BCUT2D eigenvalue weighted by molar-refractivity contribution is 7.89. The van der Waals surface area contributed by atoms with Crippen LogP contribution in [0.3, 0.4) is 0 Å². The SMILES string of the molecule is CCCOc1ccc(OCCOC(=O)c2ccc(OC)c(S(N)(=O)=O)c2)cc1. The van der Waals surface area contributed by atoms with E-state index < -0.39 is 16.0 Å². The Labute approximate surface area is 164 Å². The van der Waals surface area contributed by atoms with Crippen LogP contribution in [0.5, 0.6) is 17.2 Å². The molecule has 0 saturated heterocycles. The van der Waals surface area contributed by atoms with E-state index in [-0.39, 0.29) is 29.4 Å². The number of hydrogen-bond donors (Lipinski definition) is 1. The number of hydrogen-bond acceptors (Lipinski definition) is 7. The lowest BCUT2D eigenvalue weighted by atomic mass is 10.2. The number of primary sulfonamides is 1. The van der Waals surface area contributed by atoms with E-state index in [4.69, 9.17) is 24.1 Å². The molecular weight excluding hydrogens is 386 g/mol. The maximum absolute atomic E-state index is 12.1. The van der Waals surface area contributed by atoms with Crippen LogP contribution in [0.25, 0.3) is 0 Å². The molecule has 0 amide bonds. The zero-order valence-corrected chi connectivity index (χ0v) is 16.5. The molecule has 0 heterocycles. The lowest BCUT2D eigenvalue weighted by Gasteiger charge is -2.10. The zero-order valence-electron chi connectivity index (χ0n) is 15.7. The lowest BCUT2D eigenvalue weighted by Crippen LogP contribution is -2.16. The molecule has 2 N–H and O–H groups in total. The summed E-state index contributed by atoms with van der Waals surface area (Å²) in [5, 5.41) is 5.14. The molecule has 9 heteroatoms. The van der Waals surface area contributed by atoms with Gasteiger partial charge in [-0.2, -0.15) is 0 Å². The average molecular weight is 409 g/mol. The van der Waals surface area contributed by atoms with Crippen molar-refractivity contribution in [3.8, 4) is 17.2 Å². The summed E-state index contributed by atoms with van der Waals surface area (Å²) in [7, 11) is -2.73. The van der Waals surface area contributed by atoms with Gasteiger partial charge in [-0.3, -0.25) is 0 Å².